The zero-order valence-electron chi connectivity index (χ0n) is 21.2. The van der Waals surface area contributed by atoms with E-state index in [4.69, 9.17) is 9.47 Å². The molecule has 0 spiro atoms. The molecule has 7 nitrogen and oxygen atoms in total. The summed E-state index contributed by atoms with van der Waals surface area (Å²) in [5.41, 5.74) is 7.65. The molecule has 2 N–H and O–H groups in total. The number of sulfonamides is 1. The molecule has 1 saturated heterocycles. The Morgan fingerprint density at radius 3 is 2.43 bits per heavy atom. The van der Waals surface area contributed by atoms with Crippen molar-refractivity contribution in [3.05, 3.63) is 99.2 Å². The number of ether oxygens (including phenoxy) is 2. The molecule has 1 aliphatic heterocycles. The zero-order valence-corrected chi connectivity index (χ0v) is 23.6. The molecule has 0 saturated carbocycles. The molecule has 9 heteroatoms. The minimum absolute atomic E-state index is 0.143. The van der Waals surface area contributed by atoms with Crippen molar-refractivity contribution in [3.63, 3.8) is 0 Å². The number of hydrazine groups is 1. The monoisotopic (exact) mass is 586 g/mol. The first kappa shape index (κ1) is 27.3. The Balaban J connectivity index is 1.74. The Kier molecular flexibility index (Phi) is 8.08. The first-order valence-electron chi connectivity index (χ1n) is 12.0. The van der Waals surface area contributed by atoms with Crippen LogP contribution in [-0.4, -0.2) is 27.1 Å². The molecule has 2 aliphatic rings. The molecule has 196 valence electrons. The lowest BCUT2D eigenvalue weighted by Crippen LogP contribution is -2.39. The second kappa shape index (κ2) is 10.9. The highest BCUT2D eigenvalue weighted by atomic mass is 79.9. The number of carbonyl (C=O) groups excluding carboxylic acids is 1. The van der Waals surface area contributed by atoms with Crippen molar-refractivity contribution >= 4 is 31.9 Å². The first-order valence-corrected chi connectivity index (χ1v) is 14.3. The standard InChI is InChI=1S/C28H31BrN2O5S/c1-6-35-28(32)27-24-18(5)23(30-31-37(33,34)19-13-11-17(4)12-14-19)15-21(16(2)3)25(24)26(36-27)20-9-7-8-10-22(20)29/h7-15,21,25-27,30-31H,2,6H2,1,3-5H3/t21-,25-,26+,27+/m1/s1. The maximum atomic E-state index is 13.1. The van der Waals surface area contributed by atoms with Gasteiger partial charge in [0, 0.05) is 22.0 Å². The molecular formula is C28H31BrN2O5S. The fourth-order valence-electron chi connectivity index (χ4n) is 4.89. The van der Waals surface area contributed by atoms with Crippen molar-refractivity contribution in [1.82, 2.24) is 10.3 Å². The highest BCUT2D eigenvalue weighted by molar-refractivity contribution is 9.10. The Morgan fingerprint density at radius 1 is 1.14 bits per heavy atom. The summed E-state index contributed by atoms with van der Waals surface area (Å²) >= 11 is 3.63. The number of hydrogen-bond donors (Lipinski definition) is 2. The van der Waals surface area contributed by atoms with Crippen LogP contribution in [0.4, 0.5) is 0 Å². The Bertz CT molecular complexity index is 1380. The van der Waals surface area contributed by atoms with Crippen molar-refractivity contribution in [2.75, 3.05) is 6.61 Å². The highest BCUT2D eigenvalue weighted by Gasteiger charge is 2.51. The molecular weight excluding hydrogens is 556 g/mol. The second-order valence-corrected chi connectivity index (χ2v) is 11.8. The quantitative estimate of drug-likeness (QED) is 0.249. The van der Waals surface area contributed by atoms with E-state index in [-0.39, 0.29) is 23.3 Å². The summed E-state index contributed by atoms with van der Waals surface area (Å²) < 4.78 is 38.5. The van der Waals surface area contributed by atoms with Crippen LogP contribution in [-0.2, 0) is 24.3 Å². The summed E-state index contributed by atoms with van der Waals surface area (Å²) in [5.74, 6) is -0.912. The summed E-state index contributed by atoms with van der Waals surface area (Å²) in [6.45, 7) is 11.8. The Labute approximate surface area is 226 Å². The number of hydrogen-bond acceptors (Lipinski definition) is 6. The molecule has 0 bridgehead atoms. The lowest BCUT2D eigenvalue weighted by molar-refractivity contribution is -0.154. The van der Waals surface area contributed by atoms with Crippen LogP contribution in [0.1, 0.15) is 38.0 Å². The molecule has 37 heavy (non-hydrogen) atoms. The number of benzene rings is 2. The summed E-state index contributed by atoms with van der Waals surface area (Å²) in [4.78, 5) is 15.7. The van der Waals surface area contributed by atoms with Gasteiger partial charge in [0.2, 0.25) is 0 Å². The van der Waals surface area contributed by atoms with Gasteiger partial charge in [-0.2, -0.15) is 0 Å². The largest absolute Gasteiger partial charge is 0.464 e. The van der Waals surface area contributed by atoms with Gasteiger partial charge in [0.05, 0.1) is 17.6 Å². The maximum absolute atomic E-state index is 13.1. The van der Waals surface area contributed by atoms with Gasteiger partial charge in [-0.25, -0.2) is 13.2 Å². The van der Waals surface area contributed by atoms with E-state index in [1.54, 1.807) is 31.2 Å². The van der Waals surface area contributed by atoms with Crippen molar-refractivity contribution in [3.8, 4) is 0 Å². The number of nitrogens with one attached hydrogen (secondary N) is 2. The number of allylic oxidation sites excluding steroid dienone is 3. The number of rotatable bonds is 8. The fraction of sp³-hybridized carbons (Fsp3) is 0.321. The van der Waals surface area contributed by atoms with Gasteiger partial charge in [-0.3, -0.25) is 0 Å². The number of aryl methyl sites for hydroxylation is 1. The SMILES string of the molecule is C=C(C)[C@H]1C=C(NNS(=O)(=O)c2ccc(C)cc2)C(C)=C2[C@@H](C(=O)OCC)O[C@@H](c3ccccc3Br)[C@@H]21. The average Bonchev–Trinajstić information content (AvgIpc) is 3.25. The van der Waals surface area contributed by atoms with E-state index < -0.39 is 28.2 Å². The van der Waals surface area contributed by atoms with Crippen molar-refractivity contribution < 1.29 is 22.7 Å². The highest BCUT2D eigenvalue weighted by Crippen LogP contribution is 2.53. The van der Waals surface area contributed by atoms with E-state index in [9.17, 15) is 13.2 Å². The third-order valence-corrected chi connectivity index (χ3v) is 8.74. The minimum atomic E-state index is -3.83. The van der Waals surface area contributed by atoms with Gasteiger partial charge in [-0.1, -0.05) is 70.1 Å². The summed E-state index contributed by atoms with van der Waals surface area (Å²) in [6, 6.07) is 14.3. The predicted octanol–water partition coefficient (Wildman–Crippen LogP) is 5.27. The van der Waals surface area contributed by atoms with E-state index in [0.717, 1.165) is 32.3 Å². The van der Waals surface area contributed by atoms with Gasteiger partial charge in [-0.15, -0.1) is 4.83 Å². The Hall–Kier alpha value is -2.72. The van der Waals surface area contributed by atoms with Crippen LogP contribution in [0.25, 0.3) is 0 Å². The van der Waals surface area contributed by atoms with E-state index in [1.165, 1.54) is 0 Å². The van der Waals surface area contributed by atoms with Crippen LogP contribution in [0.3, 0.4) is 0 Å². The van der Waals surface area contributed by atoms with Crippen LogP contribution in [0.2, 0.25) is 0 Å². The predicted molar refractivity (Wildman–Crippen MR) is 146 cm³/mol. The summed E-state index contributed by atoms with van der Waals surface area (Å²) in [7, 11) is -3.83. The third-order valence-electron chi connectivity index (χ3n) is 6.75. The molecule has 1 heterocycles. The molecule has 0 unspecified atom stereocenters. The van der Waals surface area contributed by atoms with Crippen molar-refractivity contribution in [2.45, 2.75) is 44.8 Å². The number of halogens is 1. The maximum Gasteiger partial charge on any atom is 0.339 e. The molecule has 2 aromatic rings. The number of fused-ring (bicyclic) bond motifs is 1. The van der Waals surface area contributed by atoms with Crippen LogP contribution in [0, 0.1) is 18.8 Å². The molecule has 1 fully saturated rings. The lowest BCUT2D eigenvalue weighted by atomic mass is 9.71. The van der Waals surface area contributed by atoms with Gasteiger partial charge >= 0.3 is 5.97 Å². The normalized spacial score (nSPS) is 23.3. The topological polar surface area (TPSA) is 93.7 Å². The fourth-order valence-corrected chi connectivity index (χ4v) is 6.26. The molecule has 0 amide bonds. The number of carbonyl (C=O) groups is 1. The van der Waals surface area contributed by atoms with E-state index in [2.05, 4.69) is 32.8 Å². The molecule has 4 rings (SSSR count). The minimum Gasteiger partial charge on any atom is -0.464 e. The molecule has 2 aromatic carbocycles. The van der Waals surface area contributed by atoms with Gasteiger partial charge in [0.15, 0.2) is 6.10 Å². The smallest absolute Gasteiger partial charge is 0.339 e. The van der Waals surface area contributed by atoms with Gasteiger partial charge in [0.1, 0.15) is 0 Å². The van der Waals surface area contributed by atoms with E-state index >= 15 is 0 Å². The van der Waals surface area contributed by atoms with E-state index in [0.29, 0.717) is 5.70 Å². The number of esters is 1. The lowest BCUT2D eigenvalue weighted by Gasteiger charge is -2.33. The molecule has 1 aliphatic carbocycles. The van der Waals surface area contributed by atoms with Gasteiger partial charge in [0.25, 0.3) is 10.0 Å². The molecule has 4 atom stereocenters. The molecule has 0 radical (unpaired) electrons. The first-order chi connectivity index (χ1) is 17.5. The van der Waals surface area contributed by atoms with Crippen molar-refractivity contribution in [1.29, 1.82) is 0 Å². The van der Waals surface area contributed by atoms with Crippen molar-refractivity contribution in [2.24, 2.45) is 11.8 Å². The summed E-state index contributed by atoms with van der Waals surface area (Å²) in [6.07, 6.45) is 0.589. The third kappa shape index (κ3) is 5.45. The summed E-state index contributed by atoms with van der Waals surface area (Å²) in [5, 5.41) is 0. The van der Waals surface area contributed by atoms with Gasteiger partial charge in [-0.05, 0) is 62.6 Å². The average molecular weight is 588 g/mol. The Morgan fingerprint density at radius 2 is 1.81 bits per heavy atom. The van der Waals surface area contributed by atoms with Crippen LogP contribution < -0.4 is 10.3 Å². The van der Waals surface area contributed by atoms with Crippen LogP contribution in [0.5, 0.6) is 0 Å². The van der Waals surface area contributed by atoms with Crippen LogP contribution >= 0.6 is 15.9 Å². The molecule has 0 aromatic heterocycles. The van der Waals surface area contributed by atoms with E-state index in [1.807, 2.05) is 51.1 Å². The zero-order chi connectivity index (χ0) is 26.9. The van der Waals surface area contributed by atoms with Gasteiger partial charge < -0.3 is 14.9 Å². The van der Waals surface area contributed by atoms with Crippen LogP contribution in [0.15, 0.2) is 93.0 Å². The second-order valence-electron chi connectivity index (χ2n) is 9.31.